The maximum Gasteiger partial charge on any atom is -0.00934 e. The molecule has 74 valence electrons. The summed E-state index contributed by atoms with van der Waals surface area (Å²) >= 11 is 0. The predicted molar refractivity (Wildman–Crippen MR) is 60.0 cm³/mol. The second kappa shape index (κ2) is 3.42. The highest BCUT2D eigenvalue weighted by molar-refractivity contribution is 5.37. The molecule has 2 atom stereocenters. The van der Waals surface area contributed by atoms with Gasteiger partial charge in [-0.25, -0.2) is 0 Å². The Hall–Kier alpha value is -0.780. The van der Waals surface area contributed by atoms with Crippen molar-refractivity contribution < 1.29 is 0 Å². The minimum atomic E-state index is 0.875. The Bertz CT molecular complexity index is 317. The highest BCUT2D eigenvalue weighted by Gasteiger charge is 2.31. The van der Waals surface area contributed by atoms with E-state index < -0.39 is 0 Å². The van der Waals surface area contributed by atoms with E-state index in [0.717, 1.165) is 11.8 Å². The zero-order valence-electron chi connectivity index (χ0n) is 8.71. The molecule has 0 bridgehead atoms. The van der Waals surface area contributed by atoms with E-state index in [1.807, 2.05) is 0 Å². The summed E-state index contributed by atoms with van der Waals surface area (Å²) in [6, 6.07) is 0. The molecule has 0 nitrogen and oxygen atoms in total. The first-order chi connectivity index (χ1) is 6.95. The van der Waals surface area contributed by atoms with Crippen molar-refractivity contribution in [1.29, 1.82) is 0 Å². The lowest BCUT2D eigenvalue weighted by Gasteiger charge is -2.37. The average Bonchev–Trinajstić information content (AvgIpc) is 2.29. The summed E-state index contributed by atoms with van der Waals surface area (Å²) in [6.45, 7) is 0. The fraction of sp³-hybridized carbons (Fsp3) is 0.571. The Morgan fingerprint density at radius 3 is 3.00 bits per heavy atom. The van der Waals surface area contributed by atoms with Gasteiger partial charge in [-0.2, -0.15) is 0 Å². The zero-order chi connectivity index (χ0) is 9.38. The van der Waals surface area contributed by atoms with Crippen molar-refractivity contribution in [3.8, 4) is 0 Å². The third-order valence-electron chi connectivity index (χ3n) is 4.07. The van der Waals surface area contributed by atoms with Gasteiger partial charge in [0, 0.05) is 0 Å². The lowest BCUT2D eigenvalue weighted by molar-refractivity contribution is 0.332. The molecule has 0 aromatic rings. The summed E-state index contributed by atoms with van der Waals surface area (Å²) in [5.41, 5.74) is 3.35. The molecule has 0 N–H and O–H groups in total. The topological polar surface area (TPSA) is 0 Å². The molecule has 2 unspecified atom stereocenters. The van der Waals surface area contributed by atoms with Gasteiger partial charge in [-0.3, -0.25) is 0 Å². The van der Waals surface area contributed by atoms with Gasteiger partial charge in [0.15, 0.2) is 0 Å². The highest BCUT2D eigenvalue weighted by Crippen LogP contribution is 2.44. The maximum absolute atomic E-state index is 2.41. The van der Waals surface area contributed by atoms with Crippen LogP contribution >= 0.6 is 0 Å². The van der Waals surface area contributed by atoms with E-state index in [2.05, 4.69) is 24.3 Å². The number of hydrogen-bond acceptors (Lipinski definition) is 0. The standard InChI is InChI=1S/C14H18/c1-3-7-13-11(5-1)9-10-12-6-2-4-8-14(12)13/h1,5,9-10,13-14H,2-4,6-8H2. The Kier molecular flexibility index (Phi) is 2.08. The summed E-state index contributed by atoms with van der Waals surface area (Å²) < 4.78 is 0. The molecule has 0 heterocycles. The van der Waals surface area contributed by atoms with Crippen LogP contribution < -0.4 is 0 Å². The highest BCUT2D eigenvalue weighted by atomic mass is 14.4. The molecule has 3 rings (SSSR count). The maximum atomic E-state index is 2.41. The first kappa shape index (κ1) is 8.52. The molecule has 0 aromatic heterocycles. The Morgan fingerprint density at radius 1 is 1.00 bits per heavy atom. The second-order valence-corrected chi connectivity index (χ2v) is 4.85. The van der Waals surface area contributed by atoms with Crippen LogP contribution in [0.4, 0.5) is 0 Å². The summed E-state index contributed by atoms with van der Waals surface area (Å²) in [5, 5.41) is 0. The lowest BCUT2D eigenvalue weighted by atomic mass is 9.68. The first-order valence-electron chi connectivity index (χ1n) is 6.02. The number of hydrogen-bond donors (Lipinski definition) is 0. The van der Waals surface area contributed by atoms with Crippen LogP contribution in [0.5, 0.6) is 0 Å². The van der Waals surface area contributed by atoms with Crippen molar-refractivity contribution >= 4 is 0 Å². The molecule has 0 amide bonds. The van der Waals surface area contributed by atoms with Crippen molar-refractivity contribution in [3.05, 3.63) is 35.5 Å². The molecule has 3 aliphatic carbocycles. The van der Waals surface area contributed by atoms with Gasteiger partial charge < -0.3 is 0 Å². The lowest BCUT2D eigenvalue weighted by Crippen LogP contribution is -2.25. The smallest absolute Gasteiger partial charge is 0.00934 e. The van der Waals surface area contributed by atoms with Crippen LogP contribution in [-0.4, -0.2) is 0 Å². The van der Waals surface area contributed by atoms with E-state index in [1.165, 1.54) is 38.5 Å². The Balaban J connectivity index is 1.95. The minimum absolute atomic E-state index is 0.875. The molecule has 0 radical (unpaired) electrons. The quantitative estimate of drug-likeness (QED) is 0.536. The third kappa shape index (κ3) is 1.28. The molecule has 1 fully saturated rings. The summed E-state index contributed by atoms with van der Waals surface area (Å²) in [7, 11) is 0. The normalized spacial score (nSPS) is 35.4. The first-order valence-corrected chi connectivity index (χ1v) is 6.02. The number of rotatable bonds is 0. The molecule has 0 saturated heterocycles. The van der Waals surface area contributed by atoms with E-state index in [1.54, 1.807) is 11.1 Å². The third-order valence-corrected chi connectivity index (χ3v) is 4.07. The van der Waals surface area contributed by atoms with Crippen LogP contribution in [0.2, 0.25) is 0 Å². The van der Waals surface area contributed by atoms with Crippen LogP contribution in [0.15, 0.2) is 35.5 Å². The summed E-state index contributed by atoms with van der Waals surface area (Å²) in [4.78, 5) is 0. The largest absolute Gasteiger partial charge is 0.0842 e. The van der Waals surface area contributed by atoms with E-state index in [0.29, 0.717) is 0 Å². The van der Waals surface area contributed by atoms with Gasteiger partial charge in [0.05, 0.1) is 0 Å². The molecular weight excluding hydrogens is 168 g/mol. The van der Waals surface area contributed by atoms with Crippen LogP contribution in [0.1, 0.15) is 38.5 Å². The van der Waals surface area contributed by atoms with Gasteiger partial charge in [-0.15, -0.1) is 0 Å². The predicted octanol–water partition coefficient (Wildman–Crippen LogP) is 4.01. The van der Waals surface area contributed by atoms with Crippen molar-refractivity contribution in [2.45, 2.75) is 38.5 Å². The average molecular weight is 186 g/mol. The van der Waals surface area contributed by atoms with Crippen molar-refractivity contribution in [1.82, 2.24) is 0 Å². The molecular formula is C14H18. The van der Waals surface area contributed by atoms with Gasteiger partial charge in [0.25, 0.3) is 0 Å². The minimum Gasteiger partial charge on any atom is -0.0842 e. The fourth-order valence-electron chi connectivity index (χ4n) is 3.33. The van der Waals surface area contributed by atoms with Gasteiger partial charge >= 0.3 is 0 Å². The van der Waals surface area contributed by atoms with Gasteiger partial charge in [0.1, 0.15) is 0 Å². The molecule has 0 heteroatoms. The van der Waals surface area contributed by atoms with Crippen molar-refractivity contribution in [2.24, 2.45) is 11.8 Å². The molecule has 0 aromatic carbocycles. The molecule has 0 aliphatic heterocycles. The fourth-order valence-corrected chi connectivity index (χ4v) is 3.33. The Morgan fingerprint density at radius 2 is 2.00 bits per heavy atom. The molecule has 1 saturated carbocycles. The summed E-state index contributed by atoms with van der Waals surface area (Å²) in [5.74, 6) is 1.79. The summed E-state index contributed by atoms with van der Waals surface area (Å²) in [6.07, 6.45) is 17.9. The monoisotopic (exact) mass is 186 g/mol. The van der Waals surface area contributed by atoms with Gasteiger partial charge in [0.2, 0.25) is 0 Å². The van der Waals surface area contributed by atoms with Crippen molar-refractivity contribution in [3.63, 3.8) is 0 Å². The Labute approximate surface area is 86.4 Å². The van der Waals surface area contributed by atoms with Crippen LogP contribution in [0, 0.1) is 11.8 Å². The number of fused-ring (bicyclic) bond motifs is 3. The van der Waals surface area contributed by atoms with Crippen LogP contribution in [-0.2, 0) is 0 Å². The van der Waals surface area contributed by atoms with E-state index in [-0.39, 0.29) is 0 Å². The second-order valence-electron chi connectivity index (χ2n) is 4.85. The van der Waals surface area contributed by atoms with Gasteiger partial charge in [-0.05, 0) is 49.5 Å². The van der Waals surface area contributed by atoms with Crippen molar-refractivity contribution in [2.75, 3.05) is 0 Å². The molecule has 14 heavy (non-hydrogen) atoms. The SMILES string of the molecule is C1=CC2=CC=C3CCCCC3C2CC1. The van der Waals surface area contributed by atoms with Gasteiger partial charge in [-0.1, -0.05) is 36.3 Å². The molecule has 3 aliphatic rings. The zero-order valence-corrected chi connectivity index (χ0v) is 8.71. The van der Waals surface area contributed by atoms with E-state index in [9.17, 15) is 0 Å². The molecule has 0 spiro atoms. The van der Waals surface area contributed by atoms with Crippen LogP contribution in [0.25, 0.3) is 0 Å². The van der Waals surface area contributed by atoms with E-state index >= 15 is 0 Å². The number of allylic oxidation sites excluding steroid dienone is 6. The van der Waals surface area contributed by atoms with E-state index in [4.69, 9.17) is 0 Å². The van der Waals surface area contributed by atoms with Crippen LogP contribution in [0.3, 0.4) is 0 Å².